The molecule has 128 valence electrons. The van der Waals surface area contributed by atoms with Crippen molar-refractivity contribution in [2.24, 2.45) is 0 Å². The third kappa shape index (κ3) is 4.37. The SMILES string of the molecule is N#CCC1O[C@H](O[C@@H]2CC(O)[C@H](O)C(CC#N)O2)CC(O)[C@@H]1O. The predicted octanol–water partition coefficient (Wildman–Crippen LogP) is -1.50. The molecule has 2 aliphatic rings. The lowest BCUT2D eigenvalue weighted by Crippen LogP contribution is -2.53. The Morgan fingerprint density at radius 1 is 0.826 bits per heavy atom. The van der Waals surface area contributed by atoms with E-state index in [9.17, 15) is 20.4 Å². The van der Waals surface area contributed by atoms with Gasteiger partial charge in [-0.05, 0) is 0 Å². The van der Waals surface area contributed by atoms with Crippen LogP contribution in [0.1, 0.15) is 25.7 Å². The number of aliphatic hydroxyl groups is 4. The first kappa shape index (κ1) is 18.0. The standard InChI is InChI=1S/C14H20N2O7/c15-3-1-9-13(19)7(17)5-11(21-9)23-12-6-8(18)14(20)10(22-12)2-4-16/h7-14,17-20H,1-2,5-6H2/t7?,8?,9?,10?,11-,12-,13+,14+/m1/s1. The van der Waals surface area contributed by atoms with Gasteiger partial charge in [0.05, 0.1) is 37.2 Å². The Kier molecular flexibility index (Phi) is 6.27. The Morgan fingerprint density at radius 2 is 1.22 bits per heavy atom. The normalized spacial score (nSPS) is 44.3. The van der Waals surface area contributed by atoms with Crippen LogP contribution in [0, 0.1) is 22.7 Å². The third-order valence-electron chi connectivity index (χ3n) is 3.96. The number of hydrogen-bond donors (Lipinski definition) is 4. The van der Waals surface area contributed by atoms with Gasteiger partial charge in [0.2, 0.25) is 0 Å². The minimum Gasteiger partial charge on any atom is -0.390 e. The highest BCUT2D eigenvalue weighted by Crippen LogP contribution is 2.28. The van der Waals surface area contributed by atoms with E-state index >= 15 is 0 Å². The minimum absolute atomic E-state index is 0.0233. The van der Waals surface area contributed by atoms with Gasteiger partial charge >= 0.3 is 0 Å². The van der Waals surface area contributed by atoms with Gasteiger partial charge in [0.1, 0.15) is 24.4 Å². The van der Waals surface area contributed by atoms with E-state index in [1.807, 2.05) is 12.1 Å². The summed E-state index contributed by atoms with van der Waals surface area (Å²) < 4.78 is 16.4. The van der Waals surface area contributed by atoms with E-state index in [0.29, 0.717) is 0 Å². The zero-order chi connectivity index (χ0) is 17.0. The van der Waals surface area contributed by atoms with E-state index in [4.69, 9.17) is 24.7 Å². The number of aliphatic hydroxyl groups excluding tert-OH is 4. The van der Waals surface area contributed by atoms with Crippen LogP contribution in [0.2, 0.25) is 0 Å². The Hall–Kier alpha value is -1.30. The van der Waals surface area contributed by atoms with Crippen LogP contribution in [0.5, 0.6) is 0 Å². The van der Waals surface area contributed by atoms with Crippen LogP contribution in [-0.4, -0.2) is 69.6 Å². The van der Waals surface area contributed by atoms with Crippen LogP contribution >= 0.6 is 0 Å². The Labute approximate surface area is 133 Å². The van der Waals surface area contributed by atoms with Crippen LogP contribution in [-0.2, 0) is 14.2 Å². The molecule has 0 aromatic heterocycles. The molecule has 0 radical (unpaired) electrons. The first-order valence-corrected chi connectivity index (χ1v) is 7.38. The molecule has 23 heavy (non-hydrogen) atoms. The van der Waals surface area contributed by atoms with Crippen LogP contribution in [0.15, 0.2) is 0 Å². The van der Waals surface area contributed by atoms with Crippen molar-refractivity contribution in [1.29, 1.82) is 10.5 Å². The molecule has 2 saturated heterocycles. The predicted molar refractivity (Wildman–Crippen MR) is 72.1 cm³/mol. The fourth-order valence-corrected chi connectivity index (χ4v) is 2.69. The van der Waals surface area contributed by atoms with E-state index in [1.54, 1.807) is 0 Å². The monoisotopic (exact) mass is 328 g/mol. The van der Waals surface area contributed by atoms with E-state index in [2.05, 4.69) is 0 Å². The maximum atomic E-state index is 9.81. The fraction of sp³-hybridized carbons (Fsp3) is 0.857. The molecule has 2 heterocycles. The van der Waals surface area contributed by atoms with Crippen LogP contribution < -0.4 is 0 Å². The van der Waals surface area contributed by atoms with Gasteiger partial charge in [0, 0.05) is 12.8 Å². The minimum atomic E-state index is -1.18. The molecule has 2 fully saturated rings. The summed E-state index contributed by atoms with van der Waals surface area (Å²) in [5.41, 5.74) is 0. The molecule has 0 aromatic carbocycles. The number of nitrogens with zero attached hydrogens (tertiary/aromatic N) is 2. The summed E-state index contributed by atoms with van der Waals surface area (Å²) in [6.07, 6.45) is -8.48. The van der Waals surface area contributed by atoms with Crippen molar-refractivity contribution in [3.05, 3.63) is 0 Å². The van der Waals surface area contributed by atoms with Crippen molar-refractivity contribution in [2.75, 3.05) is 0 Å². The molecule has 8 atom stereocenters. The maximum Gasteiger partial charge on any atom is 0.163 e. The van der Waals surface area contributed by atoms with E-state index in [0.717, 1.165) is 0 Å². The second-order valence-corrected chi connectivity index (χ2v) is 5.66. The first-order valence-electron chi connectivity index (χ1n) is 7.38. The summed E-state index contributed by atoms with van der Waals surface area (Å²) in [7, 11) is 0. The fourth-order valence-electron chi connectivity index (χ4n) is 2.69. The molecule has 0 bridgehead atoms. The van der Waals surface area contributed by atoms with Crippen LogP contribution in [0.4, 0.5) is 0 Å². The van der Waals surface area contributed by atoms with E-state index in [1.165, 1.54) is 0 Å². The highest BCUT2D eigenvalue weighted by Gasteiger charge is 2.41. The summed E-state index contributed by atoms with van der Waals surface area (Å²) in [6, 6.07) is 3.71. The summed E-state index contributed by atoms with van der Waals surface area (Å²) in [4.78, 5) is 0. The summed E-state index contributed by atoms with van der Waals surface area (Å²) in [5.74, 6) is 0. The molecular formula is C14H20N2O7. The van der Waals surface area contributed by atoms with Gasteiger partial charge in [-0.15, -0.1) is 0 Å². The van der Waals surface area contributed by atoms with E-state index < -0.39 is 49.2 Å². The number of rotatable bonds is 4. The van der Waals surface area contributed by atoms with Gasteiger partial charge in [0.25, 0.3) is 0 Å². The topological polar surface area (TPSA) is 156 Å². The highest BCUT2D eigenvalue weighted by atomic mass is 16.8. The van der Waals surface area contributed by atoms with Gasteiger partial charge in [-0.2, -0.15) is 10.5 Å². The van der Waals surface area contributed by atoms with Crippen molar-refractivity contribution in [3.8, 4) is 12.1 Å². The summed E-state index contributed by atoms with van der Waals surface area (Å²) >= 11 is 0. The van der Waals surface area contributed by atoms with E-state index in [-0.39, 0.29) is 25.7 Å². The Balaban J connectivity index is 1.95. The molecule has 0 saturated carbocycles. The second kappa shape index (κ2) is 7.99. The summed E-state index contributed by atoms with van der Waals surface area (Å²) in [5, 5.41) is 56.6. The average molecular weight is 328 g/mol. The van der Waals surface area contributed by atoms with Gasteiger partial charge in [-0.3, -0.25) is 0 Å². The molecule has 0 aromatic rings. The van der Waals surface area contributed by atoms with Crippen molar-refractivity contribution in [3.63, 3.8) is 0 Å². The number of ether oxygens (including phenoxy) is 3. The number of hydrogen-bond acceptors (Lipinski definition) is 9. The molecule has 2 aliphatic heterocycles. The first-order chi connectivity index (χ1) is 11.0. The van der Waals surface area contributed by atoms with Gasteiger partial charge in [-0.1, -0.05) is 0 Å². The van der Waals surface area contributed by atoms with Crippen molar-refractivity contribution >= 4 is 0 Å². The largest absolute Gasteiger partial charge is 0.390 e. The van der Waals surface area contributed by atoms with Gasteiger partial charge in [0.15, 0.2) is 12.6 Å². The zero-order valence-corrected chi connectivity index (χ0v) is 12.4. The van der Waals surface area contributed by atoms with Crippen molar-refractivity contribution in [2.45, 2.75) is 74.9 Å². The second-order valence-electron chi connectivity index (χ2n) is 5.66. The van der Waals surface area contributed by atoms with Crippen molar-refractivity contribution < 1.29 is 34.6 Å². The molecule has 9 nitrogen and oxygen atoms in total. The molecule has 0 amide bonds. The average Bonchev–Trinajstić information content (AvgIpc) is 2.50. The van der Waals surface area contributed by atoms with Gasteiger partial charge < -0.3 is 34.6 Å². The number of nitriles is 2. The van der Waals surface area contributed by atoms with Crippen molar-refractivity contribution in [1.82, 2.24) is 0 Å². The van der Waals surface area contributed by atoms with Crippen LogP contribution in [0.25, 0.3) is 0 Å². The zero-order valence-electron chi connectivity index (χ0n) is 12.4. The molecule has 4 unspecified atom stereocenters. The maximum absolute atomic E-state index is 9.81. The lowest BCUT2D eigenvalue weighted by atomic mass is 9.98. The smallest absolute Gasteiger partial charge is 0.163 e. The molecule has 0 aliphatic carbocycles. The summed E-state index contributed by atoms with van der Waals surface area (Å²) in [6.45, 7) is 0. The lowest BCUT2D eigenvalue weighted by Gasteiger charge is -2.40. The molecule has 9 heteroatoms. The third-order valence-corrected chi connectivity index (χ3v) is 3.96. The molecular weight excluding hydrogens is 308 g/mol. The lowest BCUT2D eigenvalue weighted by molar-refractivity contribution is -0.328. The Morgan fingerprint density at radius 3 is 1.57 bits per heavy atom. The molecule has 2 rings (SSSR count). The molecule has 4 N–H and O–H groups in total. The van der Waals surface area contributed by atoms with Gasteiger partial charge in [-0.25, -0.2) is 0 Å². The van der Waals surface area contributed by atoms with Crippen LogP contribution in [0.3, 0.4) is 0 Å². The molecule has 0 spiro atoms. The quantitative estimate of drug-likeness (QED) is 0.482. The highest BCUT2D eigenvalue weighted by molar-refractivity contribution is 4.91. The Bertz CT molecular complexity index is 435.